The molecule has 0 atom stereocenters. The number of rotatable bonds is 4. The van der Waals surface area contributed by atoms with Gasteiger partial charge in [-0.25, -0.2) is 0 Å². The van der Waals surface area contributed by atoms with E-state index in [1.165, 1.54) is 14.6 Å². The molecule has 1 aromatic heterocycles. The normalized spacial score (nSPS) is 13.9. The topological polar surface area (TPSA) is 114 Å². The number of carbonyl (C=O) groups is 2. The SMILES string of the molecule is CC(=O)O.COc1ccc(-c2cc(/C=C3\SC(Nc4cc[c]([Na])cc4)=NC3=O)no2)cc1. The Morgan fingerprint density at radius 2 is 1.84 bits per heavy atom. The number of carboxylic acid groups (broad SMARTS) is 1. The van der Waals surface area contributed by atoms with Gasteiger partial charge in [0.25, 0.3) is 5.97 Å². The van der Waals surface area contributed by atoms with Crippen LogP contribution in [-0.2, 0) is 9.59 Å². The van der Waals surface area contributed by atoms with Crippen LogP contribution in [0.15, 0.2) is 69.0 Å². The van der Waals surface area contributed by atoms with Gasteiger partial charge in [0.15, 0.2) is 0 Å². The Hall–Kier alpha value is -2.85. The number of methoxy groups -OCH3 is 1. The molecule has 158 valence electrons. The van der Waals surface area contributed by atoms with Crippen LogP contribution in [0.25, 0.3) is 17.4 Å². The second-order valence-electron chi connectivity index (χ2n) is 6.69. The van der Waals surface area contributed by atoms with E-state index in [0.29, 0.717) is 21.5 Å². The number of nitrogens with one attached hydrogen (secondary N) is 1. The Bertz CT molecular complexity index is 1170. The van der Waals surface area contributed by atoms with E-state index in [2.05, 4.69) is 27.6 Å². The Balaban J connectivity index is 0.000000668. The number of benzene rings is 2. The fourth-order valence-corrected chi connectivity index (χ4v) is 3.76. The van der Waals surface area contributed by atoms with E-state index in [1.54, 1.807) is 19.3 Å². The van der Waals surface area contributed by atoms with Gasteiger partial charge in [-0.3, -0.25) is 4.79 Å². The van der Waals surface area contributed by atoms with Gasteiger partial charge < -0.3 is 9.84 Å². The first kappa shape index (κ1) is 23.8. The first-order valence-electron chi connectivity index (χ1n) is 9.51. The summed E-state index contributed by atoms with van der Waals surface area (Å²) >= 11 is 2.29. The predicted molar refractivity (Wildman–Crippen MR) is 125 cm³/mol. The molecule has 1 aliphatic heterocycles. The van der Waals surface area contributed by atoms with Gasteiger partial charge in [-0.1, -0.05) is 0 Å². The van der Waals surface area contributed by atoms with Crippen LogP contribution in [0.1, 0.15) is 12.6 Å². The molecule has 8 nitrogen and oxygen atoms in total. The summed E-state index contributed by atoms with van der Waals surface area (Å²) in [6, 6.07) is 17.4. The Morgan fingerprint density at radius 1 is 1.19 bits per heavy atom. The number of carbonyl (C=O) groups excluding carboxylic acids is 1. The van der Waals surface area contributed by atoms with E-state index in [1.807, 2.05) is 36.4 Å². The van der Waals surface area contributed by atoms with Crippen molar-refractivity contribution in [3.63, 3.8) is 0 Å². The number of anilines is 1. The number of carboxylic acids is 1. The van der Waals surface area contributed by atoms with Crippen molar-refractivity contribution >= 4 is 71.3 Å². The summed E-state index contributed by atoms with van der Waals surface area (Å²) in [5.41, 5.74) is 2.35. The molecule has 2 aromatic carbocycles. The molecule has 0 aliphatic carbocycles. The fraction of sp³-hybridized carbons (Fsp3) is 0.0909. The van der Waals surface area contributed by atoms with E-state index >= 15 is 0 Å². The number of hydrogen-bond acceptors (Lipinski definition) is 7. The Kier molecular flexibility index (Phi) is 8.29. The van der Waals surface area contributed by atoms with Crippen molar-refractivity contribution in [2.24, 2.45) is 4.99 Å². The second kappa shape index (κ2) is 11.1. The number of ether oxygens (including phenoxy) is 1. The van der Waals surface area contributed by atoms with Crippen LogP contribution in [-0.4, -0.2) is 62.3 Å². The zero-order valence-corrected chi connectivity index (χ0v) is 20.5. The van der Waals surface area contributed by atoms with E-state index in [0.717, 1.165) is 51.9 Å². The summed E-state index contributed by atoms with van der Waals surface area (Å²) < 4.78 is 11.9. The van der Waals surface area contributed by atoms with E-state index in [4.69, 9.17) is 19.2 Å². The van der Waals surface area contributed by atoms with E-state index in [-0.39, 0.29) is 5.91 Å². The number of aliphatic carboxylic acids is 1. The molecule has 32 heavy (non-hydrogen) atoms. The van der Waals surface area contributed by atoms with Crippen LogP contribution in [0, 0.1) is 0 Å². The summed E-state index contributed by atoms with van der Waals surface area (Å²) in [5, 5.41) is 15.2. The molecular weight excluding hydrogens is 441 g/mol. The first-order chi connectivity index (χ1) is 15.3. The number of amidine groups is 1. The molecule has 0 saturated carbocycles. The van der Waals surface area contributed by atoms with E-state index in [9.17, 15) is 4.79 Å². The van der Waals surface area contributed by atoms with Crippen LogP contribution >= 0.6 is 11.8 Å². The maximum atomic E-state index is 12.2. The molecule has 1 amide bonds. The van der Waals surface area contributed by atoms with Crippen LogP contribution in [0.5, 0.6) is 5.75 Å². The number of thioether (sulfide) groups is 1. The quantitative estimate of drug-likeness (QED) is 0.451. The molecule has 0 radical (unpaired) electrons. The average molecular weight is 459 g/mol. The number of amides is 1. The monoisotopic (exact) mass is 459 g/mol. The van der Waals surface area contributed by atoms with Crippen LogP contribution < -0.4 is 12.9 Å². The van der Waals surface area contributed by atoms with Crippen molar-refractivity contribution in [1.82, 2.24) is 5.16 Å². The predicted octanol–water partition coefficient (Wildman–Crippen LogP) is 3.32. The summed E-state index contributed by atoms with van der Waals surface area (Å²) in [7, 11) is 1.62. The molecule has 1 aliphatic rings. The molecule has 2 heterocycles. The molecule has 2 N–H and O–H groups in total. The molecule has 0 unspecified atom stereocenters. The molecule has 0 saturated heterocycles. The molecule has 0 bridgehead atoms. The van der Waals surface area contributed by atoms with E-state index < -0.39 is 5.97 Å². The van der Waals surface area contributed by atoms with Gasteiger partial charge >= 0.3 is 137 Å². The van der Waals surface area contributed by atoms with Gasteiger partial charge in [-0.05, 0) is 24.3 Å². The average Bonchev–Trinajstić information content (AvgIpc) is 3.36. The Labute approximate surface area is 206 Å². The third-order valence-corrected chi connectivity index (χ3v) is 5.67. The van der Waals surface area contributed by atoms with Crippen molar-refractivity contribution in [1.29, 1.82) is 0 Å². The van der Waals surface area contributed by atoms with Crippen molar-refractivity contribution in [2.75, 3.05) is 12.4 Å². The fourth-order valence-electron chi connectivity index (χ4n) is 2.61. The zero-order valence-electron chi connectivity index (χ0n) is 17.7. The van der Waals surface area contributed by atoms with Crippen LogP contribution in [0.2, 0.25) is 0 Å². The summed E-state index contributed by atoms with van der Waals surface area (Å²) in [5.74, 6) is 0.264. The van der Waals surface area contributed by atoms with Gasteiger partial charge in [-0.15, -0.1) is 0 Å². The molecule has 0 spiro atoms. The van der Waals surface area contributed by atoms with Gasteiger partial charge in [0.1, 0.15) is 5.75 Å². The van der Waals surface area contributed by atoms with Crippen LogP contribution in [0.4, 0.5) is 5.69 Å². The number of aromatic nitrogens is 1. The minimum absolute atomic E-state index is 0.291. The van der Waals surface area contributed by atoms with Crippen molar-refractivity contribution in [3.05, 3.63) is 65.2 Å². The molecule has 10 heteroatoms. The van der Waals surface area contributed by atoms with Gasteiger partial charge in [-0.2, -0.15) is 0 Å². The Morgan fingerprint density at radius 3 is 2.47 bits per heavy atom. The summed E-state index contributed by atoms with van der Waals surface area (Å²) in [6.45, 7) is 1.08. The summed E-state index contributed by atoms with van der Waals surface area (Å²) in [4.78, 5) is 25.8. The van der Waals surface area contributed by atoms with Crippen molar-refractivity contribution in [3.8, 4) is 17.1 Å². The van der Waals surface area contributed by atoms with Crippen molar-refractivity contribution < 1.29 is 24.0 Å². The van der Waals surface area contributed by atoms with Gasteiger partial charge in [0, 0.05) is 12.5 Å². The molecule has 3 aromatic rings. The third kappa shape index (κ3) is 6.83. The standard InChI is InChI=1S/C20H14N3O3S.C2H4O2.Na/c1-25-16-9-7-13(8-10-16)17-11-15(23-26-17)12-18-19(24)22-20(27-18)21-14-5-3-2-4-6-14;1-2(3)4;/h3-12H,1H3,(H,21,22,24);1H3,(H,3,4);/b18-12-;;. The second-order valence-corrected chi connectivity index (χ2v) is 8.87. The number of aliphatic imine (C=N–C) groups is 1. The van der Waals surface area contributed by atoms with Crippen molar-refractivity contribution in [2.45, 2.75) is 6.92 Å². The number of hydrogen-bond donors (Lipinski definition) is 2. The first-order valence-corrected chi connectivity index (χ1v) is 11.3. The maximum absolute atomic E-state index is 12.2. The minimum atomic E-state index is -0.833. The van der Waals surface area contributed by atoms with Gasteiger partial charge in [0.05, 0.1) is 7.11 Å². The third-order valence-electron chi connectivity index (χ3n) is 4.11. The smallest absolute Gasteiger partial charge is 0.0475 e. The summed E-state index contributed by atoms with van der Waals surface area (Å²) in [6.07, 6.45) is 1.68. The number of nitrogens with zero attached hydrogens (tertiary/aromatic N) is 2. The molecule has 4 rings (SSSR count). The minimum Gasteiger partial charge on any atom is -0.0475 e. The van der Waals surface area contributed by atoms with Gasteiger partial charge in [0.2, 0.25) is 0 Å². The molecule has 0 fully saturated rings. The molecular formula is C22H18N3NaO5S. The zero-order chi connectivity index (χ0) is 23.1. The van der Waals surface area contributed by atoms with Crippen LogP contribution in [0.3, 0.4) is 0 Å².